The molecule has 4 rings (SSSR count). The highest BCUT2D eigenvalue weighted by Gasteiger charge is 2.32. The van der Waals surface area contributed by atoms with E-state index < -0.39 is 0 Å². The Kier molecular flexibility index (Phi) is 4.09. The van der Waals surface area contributed by atoms with Gasteiger partial charge in [-0.15, -0.1) is 0 Å². The third-order valence-corrected chi connectivity index (χ3v) is 4.68. The summed E-state index contributed by atoms with van der Waals surface area (Å²) in [6.45, 7) is 2.08. The molecule has 0 aliphatic carbocycles. The Morgan fingerprint density at radius 2 is 1.96 bits per heavy atom. The molecule has 2 aromatic rings. The second-order valence-electron chi connectivity index (χ2n) is 5.98. The number of carbonyl (C=O) groups excluding carboxylic acids is 1. The summed E-state index contributed by atoms with van der Waals surface area (Å²) in [7, 11) is 0. The summed E-state index contributed by atoms with van der Waals surface area (Å²) >= 11 is 5.99. The van der Waals surface area contributed by atoms with Crippen LogP contribution >= 0.6 is 11.6 Å². The van der Waals surface area contributed by atoms with Crippen LogP contribution in [0.25, 0.3) is 0 Å². The lowest BCUT2D eigenvalue weighted by Gasteiger charge is -2.21. The number of rotatable bonds is 3. The number of hydrogen-bond acceptors (Lipinski definition) is 4. The van der Waals surface area contributed by atoms with E-state index in [0.29, 0.717) is 23.6 Å². The number of amides is 1. The van der Waals surface area contributed by atoms with E-state index in [1.54, 1.807) is 5.01 Å². The zero-order valence-electron chi connectivity index (χ0n) is 13.7. The Bertz CT molecular complexity index is 848. The smallest absolute Gasteiger partial charge is 0.242 e. The molecule has 2 heterocycles. The molecule has 0 fully saturated rings. The molecular weight excluding hydrogens is 340 g/mol. The van der Waals surface area contributed by atoms with Crippen LogP contribution < -0.4 is 9.47 Å². The van der Waals surface area contributed by atoms with E-state index in [-0.39, 0.29) is 18.7 Å². The van der Waals surface area contributed by atoms with E-state index in [1.807, 2.05) is 49.4 Å². The molecule has 6 heteroatoms. The fourth-order valence-corrected chi connectivity index (χ4v) is 3.22. The van der Waals surface area contributed by atoms with Crippen LogP contribution in [0.2, 0.25) is 5.02 Å². The van der Waals surface area contributed by atoms with E-state index >= 15 is 0 Å². The minimum atomic E-state index is -0.120. The third kappa shape index (κ3) is 2.96. The normalized spacial score (nSPS) is 18.4. The van der Waals surface area contributed by atoms with Crippen molar-refractivity contribution < 1.29 is 14.3 Å². The molecule has 1 atom stereocenters. The minimum Gasteiger partial charge on any atom is -0.454 e. The second kappa shape index (κ2) is 6.41. The summed E-state index contributed by atoms with van der Waals surface area (Å²) in [5.41, 5.74) is 2.82. The van der Waals surface area contributed by atoms with Gasteiger partial charge in [0.2, 0.25) is 12.7 Å². The standard InChI is InChI=1S/C19H17ClN2O3/c1-2-19(23)22-16(12-3-6-14(20)7-4-12)10-15(21-22)13-5-8-17-18(9-13)25-11-24-17/h3-9,16H,2,10-11H2,1H3/t16-/m0/s1. The summed E-state index contributed by atoms with van der Waals surface area (Å²) < 4.78 is 10.8. The van der Waals surface area contributed by atoms with Gasteiger partial charge >= 0.3 is 0 Å². The number of carbonyl (C=O) groups is 1. The first-order valence-corrected chi connectivity index (χ1v) is 8.58. The van der Waals surface area contributed by atoms with Gasteiger partial charge in [0.1, 0.15) is 0 Å². The van der Waals surface area contributed by atoms with Crippen LogP contribution in [0.3, 0.4) is 0 Å². The maximum Gasteiger partial charge on any atom is 0.242 e. The SMILES string of the molecule is CCC(=O)N1N=C(c2ccc3c(c2)OCO3)C[C@H]1c1ccc(Cl)cc1. The summed E-state index contributed by atoms with van der Waals surface area (Å²) in [5.74, 6) is 1.44. The highest BCUT2D eigenvalue weighted by molar-refractivity contribution is 6.30. The highest BCUT2D eigenvalue weighted by atomic mass is 35.5. The molecule has 0 saturated heterocycles. The fourth-order valence-electron chi connectivity index (χ4n) is 3.10. The van der Waals surface area contributed by atoms with Gasteiger partial charge < -0.3 is 9.47 Å². The molecule has 2 aliphatic heterocycles. The number of fused-ring (bicyclic) bond motifs is 1. The van der Waals surface area contributed by atoms with Crippen LogP contribution in [0.5, 0.6) is 11.5 Å². The molecule has 0 aromatic heterocycles. The Morgan fingerprint density at radius 1 is 1.20 bits per heavy atom. The number of benzene rings is 2. The Hall–Kier alpha value is -2.53. The molecule has 5 nitrogen and oxygen atoms in total. The maximum absolute atomic E-state index is 12.4. The van der Waals surface area contributed by atoms with Crippen molar-refractivity contribution in [2.24, 2.45) is 5.10 Å². The van der Waals surface area contributed by atoms with Crippen molar-refractivity contribution in [1.29, 1.82) is 0 Å². The molecule has 0 spiro atoms. The van der Waals surface area contributed by atoms with E-state index in [9.17, 15) is 4.79 Å². The Morgan fingerprint density at radius 3 is 2.72 bits per heavy atom. The topological polar surface area (TPSA) is 51.1 Å². The molecule has 0 saturated carbocycles. The van der Waals surface area contributed by atoms with E-state index in [0.717, 1.165) is 22.6 Å². The van der Waals surface area contributed by atoms with Crippen molar-refractivity contribution in [3.8, 4) is 11.5 Å². The molecule has 0 unspecified atom stereocenters. The monoisotopic (exact) mass is 356 g/mol. The number of nitrogens with zero attached hydrogens (tertiary/aromatic N) is 2. The summed E-state index contributed by atoms with van der Waals surface area (Å²) in [6, 6.07) is 13.2. The average Bonchev–Trinajstić information content (AvgIpc) is 3.28. The first-order chi connectivity index (χ1) is 12.2. The van der Waals surface area contributed by atoms with Gasteiger partial charge in [-0.25, -0.2) is 5.01 Å². The van der Waals surface area contributed by atoms with Crippen LogP contribution in [0.15, 0.2) is 47.6 Å². The lowest BCUT2D eigenvalue weighted by atomic mass is 9.98. The van der Waals surface area contributed by atoms with Crippen molar-refractivity contribution in [2.45, 2.75) is 25.8 Å². The van der Waals surface area contributed by atoms with Crippen molar-refractivity contribution in [3.05, 3.63) is 58.6 Å². The zero-order valence-corrected chi connectivity index (χ0v) is 14.5. The number of hydrazone groups is 1. The van der Waals surface area contributed by atoms with E-state index in [1.165, 1.54) is 0 Å². The summed E-state index contributed by atoms with van der Waals surface area (Å²) in [5, 5.41) is 6.87. The molecule has 128 valence electrons. The van der Waals surface area contributed by atoms with Crippen LogP contribution in [-0.4, -0.2) is 23.4 Å². The van der Waals surface area contributed by atoms with Gasteiger partial charge in [0.25, 0.3) is 0 Å². The van der Waals surface area contributed by atoms with Crippen molar-refractivity contribution >= 4 is 23.2 Å². The minimum absolute atomic E-state index is 0.00399. The molecular formula is C19H17ClN2O3. The van der Waals surface area contributed by atoms with Gasteiger partial charge in [0.05, 0.1) is 11.8 Å². The van der Waals surface area contributed by atoms with E-state index in [4.69, 9.17) is 21.1 Å². The van der Waals surface area contributed by atoms with Crippen LogP contribution in [-0.2, 0) is 4.79 Å². The number of hydrogen-bond donors (Lipinski definition) is 0. The highest BCUT2D eigenvalue weighted by Crippen LogP contribution is 2.37. The molecule has 2 aromatic carbocycles. The summed E-state index contributed by atoms with van der Waals surface area (Å²) in [6.07, 6.45) is 1.05. The van der Waals surface area contributed by atoms with Crippen molar-refractivity contribution in [1.82, 2.24) is 5.01 Å². The van der Waals surface area contributed by atoms with Crippen LogP contribution in [0, 0.1) is 0 Å². The van der Waals surface area contributed by atoms with Gasteiger partial charge in [-0.3, -0.25) is 4.79 Å². The molecule has 1 amide bonds. The van der Waals surface area contributed by atoms with Gasteiger partial charge in [0.15, 0.2) is 11.5 Å². The lowest BCUT2D eigenvalue weighted by Crippen LogP contribution is -2.26. The maximum atomic E-state index is 12.4. The molecule has 0 bridgehead atoms. The van der Waals surface area contributed by atoms with Gasteiger partial charge in [0, 0.05) is 23.4 Å². The second-order valence-corrected chi connectivity index (χ2v) is 6.41. The number of ether oxygens (including phenoxy) is 2. The first-order valence-electron chi connectivity index (χ1n) is 8.20. The van der Waals surface area contributed by atoms with Crippen molar-refractivity contribution in [2.75, 3.05) is 6.79 Å². The number of halogens is 1. The average molecular weight is 357 g/mol. The largest absolute Gasteiger partial charge is 0.454 e. The zero-order chi connectivity index (χ0) is 17.4. The van der Waals surface area contributed by atoms with Crippen molar-refractivity contribution in [3.63, 3.8) is 0 Å². The first kappa shape index (κ1) is 16.0. The Labute approximate surface area is 150 Å². The van der Waals surface area contributed by atoms with Gasteiger partial charge in [-0.05, 0) is 35.9 Å². The van der Waals surface area contributed by atoms with E-state index in [2.05, 4.69) is 5.10 Å². The van der Waals surface area contributed by atoms with Crippen LogP contribution in [0.4, 0.5) is 0 Å². The molecule has 0 N–H and O–H groups in total. The van der Waals surface area contributed by atoms with Gasteiger partial charge in [-0.1, -0.05) is 30.7 Å². The fraction of sp³-hybridized carbons (Fsp3) is 0.263. The predicted octanol–water partition coefficient (Wildman–Crippen LogP) is 4.16. The molecule has 2 aliphatic rings. The van der Waals surface area contributed by atoms with Crippen LogP contribution in [0.1, 0.15) is 36.9 Å². The molecule has 0 radical (unpaired) electrons. The third-order valence-electron chi connectivity index (χ3n) is 4.43. The lowest BCUT2D eigenvalue weighted by molar-refractivity contribution is -0.132. The van der Waals surface area contributed by atoms with Gasteiger partial charge in [-0.2, -0.15) is 5.10 Å². The summed E-state index contributed by atoms with van der Waals surface area (Å²) in [4.78, 5) is 12.4. The Balaban J connectivity index is 1.67. The molecule has 25 heavy (non-hydrogen) atoms. The predicted molar refractivity (Wildman–Crippen MR) is 95.0 cm³/mol. The quantitative estimate of drug-likeness (QED) is 0.829.